The van der Waals surface area contributed by atoms with Gasteiger partial charge in [0.2, 0.25) is 0 Å². The van der Waals surface area contributed by atoms with E-state index in [1.807, 2.05) is 27.7 Å². The molecule has 0 radical (unpaired) electrons. The average Bonchev–Trinajstić information content (AvgIpc) is 2.43. The van der Waals surface area contributed by atoms with Crippen molar-refractivity contribution in [2.75, 3.05) is 0 Å². The minimum atomic E-state index is -0.530. The van der Waals surface area contributed by atoms with Gasteiger partial charge < -0.3 is 0 Å². The van der Waals surface area contributed by atoms with Gasteiger partial charge in [-0.15, -0.1) is 9.24 Å². The third kappa shape index (κ3) is 13.1. The fraction of sp³-hybridized carbons (Fsp3) is 0.474. The number of hydrogen-bond acceptors (Lipinski definition) is 0. The molecule has 4 heteroatoms. The fourth-order valence-electron chi connectivity index (χ4n) is 1.16. The normalized spacial score (nSPS) is 11.9. The summed E-state index contributed by atoms with van der Waals surface area (Å²) >= 11 is 0. The highest BCUT2D eigenvalue weighted by Crippen LogP contribution is 2.18. The summed E-state index contributed by atoms with van der Waals surface area (Å²) in [4.78, 5) is 0. The molecule has 0 nitrogen and oxygen atoms in total. The van der Waals surface area contributed by atoms with Crippen LogP contribution in [0.25, 0.3) is 0 Å². The smallest absolute Gasteiger partial charge is 0.129 e. The van der Waals surface area contributed by atoms with Gasteiger partial charge in [-0.1, -0.05) is 45.5 Å². The van der Waals surface area contributed by atoms with Gasteiger partial charge in [-0.3, -0.25) is 0 Å². The molecule has 0 fully saturated rings. The standard InChI is InChI=1S/C9H16FP.C7H6F2.C3H8/c1-6(2)8(4)9(10)5-7(3)11;1-5-2-3-6(8)4-7(5)9;1-3-2/h5-6H,11H2,1-4H3;2-4H,1H3;3H2,1-2H3/b7-5+,9-8+;;. The minimum Gasteiger partial charge on any atom is -0.207 e. The molecule has 1 atom stereocenters. The van der Waals surface area contributed by atoms with E-state index >= 15 is 0 Å². The lowest BCUT2D eigenvalue weighted by molar-refractivity contribution is 0.577. The minimum absolute atomic E-state index is 0.104. The van der Waals surface area contributed by atoms with E-state index in [1.165, 1.54) is 18.6 Å². The summed E-state index contributed by atoms with van der Waals surface area (Å²) in [5.74, 6) is -0.837. The van der Waals surface area contributed by atoms with E-state index in [1.54, 1.807) is 13.0 Å². The molecule has 23 heavy (non-hydrogen) atoms. The van der Waals surface area contributed by atoms with Crippen molar-refractivity contribution in [2.24, 2.45) is 5.92 Å². The molecule has 0 amide bonds. The molecule has 0 aliphatic heterocycles. The maximum atomic E-state index is 13.1. The van der Waals surface area contributed by atoms with Crippen molar-refractivity contribution in [2.45, 2.75) is 54.9 Å². The van der Waals surface area contributed by atoms with E-state index in [-0.39, 0.29) is 11.7 Å². The molecular weight excluding hydrogens is 316 g/mol. The first-order valence-electron chi connectivity index (χ1n) is 7.78. The van der Waals surface area contributed by atoms with Crippen molar-refractivity contribution in [3.63, 3.8) is 0 Å². The van der Waals surface area contributed by atoms with Crippen LogP contribution in [0.15, 0.2) is 41.0 Å². The molecule has 0 N–H and O–H groups in total. The van der Waals surface area contributed by atoms with Crippen LogP contribution in [0.2, 0.25) is 0 Å². The first kappa shape index (κ1) is 24.2. The van der Waals surface area contributed by atoms with Crippen molar-refractivity contribution in [1.29, 1.82) is 0 Å². The second-order valence-electron chi connectivity index (χ2n) is 5.67. The van der Waals surface area contributed by atoms with Crippen molar-refractivity contribution in [1.82, 2.24) is 0 Å². The Hall–Kier alpha value is -1.08. The SMILES string of the molecule is C/C(P)=C\C(F)=C(\C)C(C)C.CCC.Cc1ccc(F)cc1F. The van der Waals surface area contributed by atoms with Crippen LogP contribution >= 0.6 is 9.24 Å². The molecular formula is C19H30F3P. The maximum absolute atomic E-state index is 13.1. The lowest BCUT2D eigenvalue weighted by atomic mass is 10.0. The molecule has 0 spiro atoms. The highest BCUT2D eigenvalue weighted by atomic mass is 31.0. The van der Waals surface area contributed by atoms with E-state index in [0.29, 0.717) is 5.56 Å². The molecule has 1 rings (SSSR count). The third-order valence-electron chi connectivity index (χ3n) is 2.73. The summed E-state index contributed by atoms with van der Waals surface area (Å²) in [6.07, 6.45) is 2.79. The number of halogens is 3. The summed E-state index contributed by atoms with van der Waals surface area (Å²) in [6.45, 7) is 13.5. The molecule has 0 saturated carbocycles. The van der Waals surface area contributed by atoms with Crippen LogP contribution in [0.1, 0.15) is 53.5 Å². The van der Waals surface area contributed by atoms with Crippen LogP contribution in [-0.2, 0) is 0 Å². The Morgan fingerprint density at radius 3 is 1.96 bits per heavy atom. The van der Waals surface area contributed by atoms with E-state index in [4.69, 9.17) is 0 Å². The Balaban J connectivity index is 0. The van der Waals surface area contributed by atoms with Gasteiger partial charge in [0.15, 0.2) is 0 Å². The first-order valence-corrected chi connectivity index (χ1v) is 8.36. The van der Waals surface area contributed by atoms with Gasteiger partial charge >= 0.3 is 0 Å². The Kier molecular flexibility index (Phi) is 14.1. The molecule has 0 aromatic heterocycles. The summed E-state index contributed by atoms with van der Waals surface area (Å²) in [7, 11) is 2.47. The summed E-state index contributed by atoms with van der Waals surface area (Å²) in [6, 6.07) is 3.51. The van der Waals surface area contributed by atoms with Gasteiger partial charge in [0.1, 0.15) is 17.5 Å². The average molecular weight is 346 g/mol. The molecule has 132 valence electrons. The zero-order chi connectivity index (χ0) is 18.6. The highest BCUT2D eigenvalue weighted by Gasteiger charge is 2.02. The predicted octanol–water partition coefficient (Wildman–Crippen LogP) is 7.35. The monoisotopic (exact) mass is 346 g/mol. The summed E-state index contributed by atoms with van der Waals surface area (Å²) in [5.41, 5.74) is 1.28. The Morgan fingerprint density at radius 1 is 1.17 bits per heavy atom. The van der Waals surface area contributed by atoms with Crippen LogP contribution in [0.5, 0.6) is 0 Å². The van der Waals surface area contributed by atoms with Crippen LogP contribution in [0, 0.1) is 24.5 Å². The Morgan fingerprint density at radius 2 is 1.65 bits per heavy atom. The lowest BCUT2D eigenvalue weighted by Crippen LogP contribution is -1.90. The molecule has 0 bridgehead atoms. The molecule has 1 aromatic carbocycles. The first-order chi connectivity index (χ1) is 10.6. The molecule has 1 unspecified atom stereocenters. The number of hydrogen-bond donors (Lipinski definition) is 0. The summed E-state index contributed by atoms with van der Waals surface area (Å²) in [5, 5.41) is 0.919. The van der Waals surface area contributed by atoms with Crippen molar-refractivity contribution in [3.05, 3.63) is 58.2 Å². The van der Waals surface area contributed by atoms with E-state index in [9.17, 15) is 13.2 Å². The number of aryl methyl sites for hydroxylation is 1. The second-order valence-corrected chi connectivity index (χ2v) is 6.59. The van der Waals surface area contributed by atoms with Crippen molar-refractivity contribution >= 4 is 9.24 Å². The second kappa shape index (κ2) is 13.4. The fourth-order valence-corrected chi connectivity index (χ4v) is 1.30. The van der Waals surface area contributed by atoms with E-state index < -0.39 is 11.6 Å². The van der Waals surface area contributed by atoms with Crippen molar-refractivity contribution < 1.29 is 13.2 Å². The molecule has 1 aromatic rings. The van der Waals surface area contributed by atoms with E-state index in [2.05, 4.69) is 23.1 Å². The van der Waals surface area contributed by atoms with Gasteiger partial charge in [-0.25, -0.2) is 13.2 Å². The number of benzene rings is 1. The highest BCUT2D eigenvalue weighted by molar-refractivity contribution is 7.22. The van der Waals surface area contributed by atoms with Crippen LogP contribution in [-0.4, -0.2) is 0 Å². The van der Waals surface area contributed by atoms with Gasteiger partial charge in [0.25, 0.3) is 0 Å². The molecule has 0 heterocycles. The zero-order valence-corrected chi connectivity index (χ0v) is 16.5. The topological polar surface area (TPSA) is 0 Å². The Bertz CT molecular complexity index is 513. The van der Waals surface area contributed by atoms with Gasteiger partial charge in [-0.2, -0.15) is 0 Å². The van der Waals surface area contributed by atoms with Crippen LogP contribution in [0.4, 0.5) is 13.2 Å². The lowest BCUT2D eigenvalue weighted by Gasteiger charge is -2.04. The van der Waals surface area contributed by atoms with Crippen molar-refractivity contribution in [3.8, 4) is 0 Å². The summed E-state index contributed by atoms with van der Waals surface area (Å²) < 4.78 is 37.5. The molecule has 0 aliphatic carbocycles. The quantitative estimate of drug-likeness (QED) is 0.388. The predicted molar refractivity (Wildman–Crippen MR) is 99.2 cm³/mol. The molecule has 0 saturated heterocycles. The maximum Gasteiger partial charge on any atom is 0.129 e. The van der Waals surface area contributed by atoms with Crippen LogP contribution < -0.4 is 0 Å². The zero-order valence-electron chi connectivity index (χ0n) is 15.3. The van der Waals surface area contributed by atoms with Gasteiger partial charge in [0, 0.05) is 6.07 Å². The largest absolute Gasteiger partial charge is 0.207 e. The van der Waals surface area contributed by atoms with Gasteiger partial charge in [0.05, 0.1) is 0 Å². The Labute approximate surface area is 142 Å². The van der Waals surface area contributed by atoms with E-state index in [0.717, 1.165) is 17.0 Å². The van der Waals surface area contributed by atoms with Crippen LogP contribution in [0.3, 0.4) is 0 Å². The van der Waals surface area contributed by atoms with Gasteiger partial charge in [-0.05, 0) is 50.0 Å². The molecule has 0 aliphatic rings. The third-order valence-corrected chi connectivity index (χ3v) is 2.90. The number of rotatable bonds is 2. The number of allylic oxidation sites excluding steroid dienone is 4.